The molecule has 0 aliphatic carbocycles. The Morgan fingerprint density at radius 1 is 0.889 bits per heavy atom. The first-order chi connectivity index (χ1) is 17.4. The highest BCUT2D eigenvalue weighted by molar-refractivity contribution is 6.43. The highest BCUT2D eigenvalue weighted by atomic mass is 35.5. The Hall–Kier alpha value is -3.88. The Morgan fingerprint density at radius 2 is 1.58 bits per heavy atom. The van der Waals surface area contributed by atoms with Gasteiger partial charge in [0, 0.05) is 5.69 Å². The van der Waals surface area contributed by atoms with Gasteiger partial charge < -0.3 is 14.8 Å². The van der Waals surface area contributed by atoms with Gasteiger partial charge in [0.1, 0.15) is 11.5 Å². The lowest BCUT2D eigenvalue weighted by molar-refractivity contribution is -0.136. The van der Waals surface area contributed by atoms with Crippen LogP contribution in [0.3, 0.4) is 0 Å². The van der Waals surface area contributed by atoms with E-state index in [1.165, 1.54) is 24.4 Å². The molecule has 0 radical (unpaired) electrons. The Labute approximate surface area is 218 Å². The van der Waals surface area contributed by atoms with Crippen molar-refractivity contribution in [3.8, 4) is 11.5 Å². The second kappa shape index (κ2) is 13.3. The SMILES string of the molecule is CCCCOc1ccc(C(=O)Oc2ccc(/C=N/NC(=O)C(=O)Nc3ccc(Cl)c(Cl)c3)cc2)cc1. The lowest BCUT2D eigenvalue weighted by Crippen LogP contribution is -2.32. The van der Waals surface area contributed by atoms with E-state index in [9.17, 15) is 14.4 Å². The summed E-state index contributed by atoms with van der Waals surface area (Å²) < 4.78 is 11.0. The van der Waals surface area contributed by atoms with Crippen molar-refractivity contribution in [1.82, 2.24) is 5.43 Å². The van der Waals surface area contributed by atoms with Crippen molar-refractivity contribution >= 4 is 52.9 Å². The minimum absolute atomic E-state index is 0.243. The van der Waals surface area contributed by atoms with Gasteiger partial charge in [0.15, 0.2) is 0 Å². The average molecular weight is 528 g/mol. The highest BCUT2D eigenvalue weighted by Gasteiger charge is 2.13. The molecule has 0 heterocycles. The topological polar surface area (TPSA) is 106 Å². The van der Waals surface area contributed by atoms with Crippen LogP contribution < -0.4 is 20.2 Å². The van der Waals surface area contributed by atoms with E-state index in [0.717, 1.165) is 12.8 Å². The highest BCUT2D eigenvalue weighted by Crippen LogP contribution is 2.25. The molecule has 0 aliphatic heterocycles. The second-order valence-electron chi connectivity index (χ2n) is 7.47. The van der Waals surface area contributed by atoms with E-state index in [1.807, 2.05) is 0 Å². The van der Waals surface area contributed by atoms with Gasteiger partial charge >= 0.3 is 17.8 Å². The molecular weight excluding hydrogens is 505 g/mol. The molecule has 0 bridgehead atoms. The van der Waals surface area contributed by atoms with Crippen molar-refractivity contribution in [1.29, 1.82) is 0 Å². The van der Waals surface area contributed by atoms with Crippen LogP contribution >= 0.6 is 23.2 Å². The van der Waals surface area contributed by atoms with E-state index < -0.39 is 17.8 Å². The van der Waals surface area contributed by atoms with Gasteiger partial charge in [0.2, 0.25) is 0 Å². The zero-order valence-corrected chi connectivity index (χ0v) is 20.8. The number of nitrogens with zero attached hydrogens (tertiary/aromatic N) is 1. The smallest absolute Gasteiger partial charge is 0.343 e. The number of carbonyl (C=O) groups is 3. The Kier molecular flexibility index (Phi) is 9.85. The van der Waals surface area contributed by atoms with Gasteiger partial charge in [-0.2, -0.15) is 5.10 Å². The van der Waals surface area contributed by atoms with Crippen molar-refractivity contribution < 1.29 is 23.9 Å². The first-order valence-corrected chi connectivity index (χ1v) is 11.8. The number of halogens is 2. The number of rotatable bonds is 9. The summed E-state index contributed by atoms with van der Waals surface area (Å²) >= 11 is 11.7. The van der Waals surface area contributed by atoms with Crippen molar-refractivity contribution in [2.45, 2.75) is 19.8 Å². The maximum absolute atomic E-state index is 12.4. The molecule has 0 atom stereocenters. The molecule has 2 N–H and O–H groups in total. The molecule has 10 heteroatoms. The maximum atomic E-state index is 12.4. The molecule has 2 amide bonds. The minimum atomic E-state index is -0.968. The van der Waals surface area contributed by atoms with Crippen molar-refractivity contribution in [3.05, 3.63) is 87.9 Å². The largest absolute Gasteiger partial charge is 0.494 e. The molecular formula is C26H23Cl2N3O5. The molecule has 0 aliphatic rings. The standard InChI is InChI=1S/C26H23Cl2N3O5/c1-2-3-14-35-20-11-6-18(7-12-20)26(34)36-21-9-4-17(5-10-21)16-29-31-25(33)24(32)30-19-8-13-22(27)23(28)15-19/h4-13,15-16H,2-3,14H2,1H3,(H,30,32)(H,31,33)/b29-16+. The summed E-state index contributed by atoms with van der Waals surface area (Å²) in [6.45, 7) is 2.72. The van der Waals surface area contributed by atoms with Crippen molar-refractivity contribution in [2.24, 2.45) is 5.10 Å². The van der Waals surface area contributed by atoms with Crippen LogP contribution in [-0.2, 0) is 9.59 Å². The van der Waals surface area contributed by atoms with Gasteiger partial charge in [-0.1, -0.05) is 36.5 Å². The lowest BCUT2D eigenvalue weighted by atomic mass is 10.2. The van der Waals surface area contributed by atoms with Gasteiger partial charge in [-0.3, -0.25) is 9.59 Å². The lowest BCUT2D eigenvalue weighted by Gasteiger charge is -2.07. The first-order valence-electron chi connectivity index (χ1n) is 11.0. The van der Waals surface area contributed by atoms with E-state index in [4.69, 9.17) is 32.7 Å². The number of hydrogen-bond acceptors (Lipinski definition) is 6. The first kappa shape index (κ1) is 26.7. The number of esters is 1. The zero-order valence-electron chi connectivity index (χ0n) is 19.3. The number of hydrazone groups is 1. The van der Waals surface area contributed by atoms with Gasteiger partial charge in [0.05, 0.1) is 28.4 Å². The van der Waals surface area contributed by atoms with Gasteiger partial charge in [-0.05, 0) is 78.7 Å². The second-order valence-corrected chi connectivity index (χ2v) is 8.28. The Bertz CT molecular complexity index is 1250. The third-order valence-electron chi connectivity index (χ3n) is 4.71. The number of ether oxygens (including phenoxy) is 2. The zero-order chi connectivity index (χ0) is 25.9. The maximum Gasteiger partial charge on any atom is 0.343 e. The molecule has 36 heavy (non-hydrogen) atoms. The van der Waals surface area contributed by atoms with Gasteiger partial charge in [-0.25, -0.2) is 10.2 Å². The summed E-state index contributed by atoms with van der Waals surface area (Å²) in [5, 5.41) is 6.71. The summed E-state index contributed by atoms with van der Waals surface area (Å²) in [4.78, 5) is 36.2. The molecule has 0 aromatic heterocycles. The van der Waals surface area contributed by atoms with Gasteiger partial charge in [0.25, 0.3) is 0 Å². The molecule has 3 rings (SSSR count). The fraction of sp³-hybridized carbons (Fsp3) is 0.154. The van der Waals surface area contributed by atoms with Crippen LogP contribution in [-0.4, -0.2) is 30.6 Å². The molecule has 0 spiro atoms. The fourth-order valence-electron chi connectivity index (χ4n) is 2.79. The number of benzene rings is 3. The molecule has 0 saturated carbocycles. The monoisotopic (exact) mass is 527 g/mol. The predicted octanol–water partition coefficient (Wildman–Crippen LogP) is 5.48. The summed E-state index contributed by atoms with van der Waals surface area (Å²) in [7, 11) is 0. The molecule has 0 saturated heterocycles. The van der Waals surface area contributed by atoms with Crippen LogP contribution in [0, 0.1) is 0 Å². The normalized spacial score (nSPS) is 10.6. The number of carbonyl (C=O) groups excluding carboxylic acids is 3. The van der Waals surface area contributed by atoms with E-state index in [0.29, 0.717) is 39.9 Å². The number of hydrogen-bond donors (Lipinski definition) is 2. The quantitative estimate of drug-likeness (QED) is 0.0956. The molecule has 0 unspecified atom stereocenters. The molecule has 186 valence electrons. The van der Waals surface area contributed by atoms with Crippen LogP contribution in [0.5, 0.6) is 11.5 Å². The van der Waals surface area contributed by atoms with Crippen LogP contribution in [0.1, 0.15) is 35.7 Å². The van der Waals surface area contributed by atoms with Crippen LogP contribution in [0.2, 0.25) is 10.0 Å². The number of unbranched alkanes of at least 4 members (excludes halogenated alkanes) is 1. The van der Waals surface area contributed by atoms with E-state index in [2.05, 4.69) is 22.8 Å². The Balaban J connectivity index is 1.47. The summed E-state index contributed by atoms with van der Waals surface area (Å²) in [5.41, 5.74) is 3.44. The van der Waals surface area contributed by atoms with Crippen LogP contribution in [0.25, 0.3) is 0 Å². The minimum Gasteiger partial charge on any atom is -0.494 e. The fourth-order valence-corrected chi connectivity index (χ4v) is 3.09. The molecule has 8 nitrogen and oxygen atoms in total. The van der Waals surface area contributed by atoms with E-state index in [1.54, 1.807) is 48.5 Å². The van der Waals surface area contributed by atoms with Crippen LogP contribution in [0.4, 0.5) is 5.69 Å². The predicted molar refractivity (Wildman–Crippen MR) is 139 cm³/mol. The number of anilines is 1. The number of amides is 2. The van der Waals surface area contributed by atoms with Gasteiger partial charge in [-0.15, -0.1) is 0 Å². The van der Waals surface area contributed by atoms with Crippen molar-refractivity contribution in [2.75, 3.05) is 11.9 Å². The molecule has 3 aromatic carbocycles. The van der Waals surface area contributed by atoms with E-state index in [-0.39, 0.29) is 5.02 Å². The van der Waals surface area contributed by atoms with Crippen LogP contribution in [0.15, 0.2) is 71.8 Å². The summed E-state index contributed by atoms with van der Waals surface area (Å²) in [5.74, 6) is -1.36. The molecule has 3 aromatic rings. The molecule has 0 fully saturated rings. The summed E-state index contributed by atoms with van der Waals surface area (Å²) in [6.07, 6.45) is 3.35. The van der Waals surface area contributed by atoms with Crippen molar-refractivity contribution in [3.63, 3.8) is 0 Å². The summed E-state index contributed by atoms with van der Waals surface area (Å²) in [6, 6.07) is 17.6. The number of nitrogens with one attached hydrogen (secondary N) is 2. The third-order valence-corrected chi connectivity index (χ3v) is 5.45. The average Bonchev–Trinajstić information content (AvgIpc) is 2.87. The Morgan fingerprint density at radius 3 is 2.25 bits per heavy atom. The third kappa shape index (κ3) is 8.11. The van der Waals surface area contributed by atoms with E-state index >= 15 is 0 Å².